The molecule has 0 unspecified atom stereocenters. The number of hydrogen-bond donors (Lipinski definition) is 0. The normalized spacial score (nSPS) is 35.2. The number of unbranched alkanes of at least 4 members (excludes halogenated alkanes) is 7. The van der Waals surface area contributed by atoms with Gasteiger partial charge in [0.25, 0.3) is 0 Å². The largest absolute Gasteiger partial charge is 0.198 e. The first-order valence-electron chi connectivity index (χ1n) is 15.6. The van der Waals surface area contributed by atoms with Gasteiger partial charge in [-0.1, -0.05) is 110 Å². The first-order chi connectivity index (χ1) is 16.2. The van der Waals surface area contributed by atoms with E-state index in [0.29, 0.717) is 5.92 Å². The summed E-state index contributed by atoms with van der Waals surface area (Å²) in [6, 6.07) is 2.93. The molecule has 3 aliphatic carbocycles. The fourth-order valence-corrected chi connectivity index (χ4v) is 8.09. The van der Waals surface area contributed by atoms with Crippen molar-refractivity contribution in [1.82, 2.24) is 0 Å². The molecular weight excluding hydrogens is 398 g/mol. The van der Waals surface area contributed by atoms with Gasteiger partial charge >= 0.3 is 0 Å². The molecule has 0 atom stereocenters. The number of nitrogens with zero attached hydrogens (tertiary/aromatic N) is 1. The van der Waals surface area contributed by atoms with Crippen LogP contribution in [0.1, 0.15) is 162 Å². The van der Waals surface area contributed by atoms with Crippen molar-refractivity contribution < 1.29 is 0 Å². The average molecular weight is 456 g/mol. The van der Waals surface area contributed by atoms with E-state index in [9.17, 15) is 5.26 Å². The SMILES string of the molecule is CCCCCCCCC1CCC(C2(C#N)CCC(C3CCC(CCCCC)CC3)CC2)CC1. The zero-order chi connectivity index (χ0) is 23.4. The Hall–Kier alpha value is -0.510. The summed E-state index contributed by atoms with van der Waals surface area (Å²) in [7, 11) is 0. The summed E-state index contributed by atoms with van der Waals surface area (Å²) < 4.78 is 0. The van der Waals surface area contributed by atoms with Crippen LogP contribution >= 0.6 is 0 Å². The van der Waals surface area contributed by atoms with Gasteiger partial charge in [-0.25, -0.2) is 0 Å². The van der Waals surface area contributed by atoms with Crippen LogP contribution in [-0.2, 0) is 0 Å². The molecule has 0 N–H and O–H groups in total. The molecule has 0 aliphatic heterocycles. The Bertz CT molecular complexity index is 535. The molecule has 3 rings (SSSR count). The van der Waals surface area contributed by atoms with Crippen molar-refractivity contribution in [2.75, 3.05) is 0 Å². The van der Waals surface area contributed by atoms with Gasteiger partial charge in [0.15, 0.2) is 0 Å². The molecule has 3 aliphatic rings. The lowest BCUT2D eigenvalue weighted by atomic mass is 9.57. The van der Waals surface area contributed by atoms with Gasteiger partial charge in [-0.15, -0.1) is 0 Å². The fourth-order valence-electron chi connectivity index (χ4n) is 8.09. The van der Waals surface area contributed by atoms with Crippen LogP contribution in [-0.4, -0.2) is 0 Å². The average Bonchev–Trinajstić information content (AvgIpc) is 2.87. The first-order valence-corrected chi connectivity index (χ1v) is 15.6. The fraction of sp³-hybridized carbons (Fsp3) is 0.969. The Morgan fingerprint density at radius 1 is 0.576 bits per heavy atom. The molecular formula is C32H57N. The van der Waals surface area contributed by atoms with Crippen LogP contribution in [0.25, 0.3) is 0 Å². The lowest BCUT2D eigenvalue weighted by molar-refractivity contribution is 0.0601. The van der Waals surface area contributed by atoms with Gasteiger partial charge in [-0.05, 0) is 81.0 Å². The summed E-state index contributed by atoms with van der Waals surface area (Å²) in [6.45, 7) is 4.63. The van der Waals surface area contributed by atoms with Crippen LogP contribution in [0.2, 0.25) is 0 Å². The maximum Gasteiger partial charge on any atom is 0.0692 e. The highest BCUT2D eigenvalue weighted by molar-refractivity contribution is 5.06. The third-order valence-electron chi connectivity index (χ3n) is 10.5. The van der Waals surface area contributed by atoms with Gasteiger partial charge < -0.3 is 0 Å². The molecule has 0 heterocycles. The van der Waals surface area contributed by atoms with E-state index < -0.39 is 0 Å². The highest BCUT2D eigenvalue weighted by Crippen LogP contribution is 2.52. The molecule has 0 bridgehead atoms. The van der Waals surface area contributed by atoms with Crippen molar-refractivity contribution in [3.8, 4) is 6.07 Å². The second kappa shape index (κ2) is 14.8. The standard InChI is InChI=1S/C32H57N/c1-3-5-7-8-9-11-13-28-16-20-31(21-17-28)32(26-33)24-22-30(23-25-32)29-18-14-27(15-19-29)12-10-6-4-2/h27-31H,3-25H2,1-2H3. The summed E-state index contributed by atoms with van der Waals surface area (Å²) in [5.74, 6) is 4.62. The molecule has 0 aromatic rings. The Morgan fingerprint density at radius 3 is 1.61 bits per heavy atom. The first kappa shape index (κ1) is 27.1. The summed E-state index contributed by atoms with van der Waals surface area (Å²) in [4.78, 5) is 0. The molecule has 0 aromatic heterocycles. The van der Waals surface area contributed by atoms with Crippen LogP contribution < -0.4 is 0 Å². The van der Waals surface area contributed by atoms with E-state index in [1.54, 1.807) is 0 Å². The third kappa shape index (κ3) is 8.29. The second-order valence-electron chi connectivity index (χ2n) is 12.7. The second-order valence-corrected chi connectivity index (χ2v) is 12.7. The lowest BCUT2D eigenvalue weighted by Gasteiger charge is -2.46. The van der Waals surface area contributed by atoms with Crippen molar-refractivity contribution in [1.29, 1.82) is 5.26 Å². The highest BCUT2D eigenvalue weighted by Gasteiger charge is 2.44. The minimum atomic E-state index is 0.0407. The Kier molecular flexibility index (Phi) is 12.1. The molecule has 33 heavy (non-hydrogen) atoms. The summed E-state index contributed by atoms with van der Waals surface area (Å²) >= 11 is 0. The van der Waals surface area contributed by atoms with Crippen LogP contribution in [0.3, 0.4) is 0 Å². The number of rotatable bonds is 13. The zero-order valence-corrected chi connectivity index (χ0v) is 22.6. The van der Waals surface area contributed by atoms with Crippen molar-refractivity contribution in [2.24, 2.45) is 35.0 Å². The van der Waals surface area contributed by atoms with E-state index in [-0.39, 0.29) is 5.41 Å². The summed E-state index contributed by atoms with van der Waals surface area (Å²) in [5.41, 5.74) is 0.0407. The van der Waals surface area contributed by atoms with Crippen molar-refractivity contribution in [2.45, 2.75) is 162 Å². The van der Waals surface area contributed by atoms with E-state index in [2.05, 4.69) is 19.9 Å². The van der Waals surface area contributed by atoms with Crippen molar-refractivity contribution >= 4 is 0 Å². The summed E-state index contributed by atoms with van der Waals surface area (Å²) in [5, 5.41) is 10.3. The van der Waals surface area contributed by atoms with Gasteiger partial charge in [0.1, 0.15) is 0 Å². The molecule has 1 heteroatoms. The molecule has 0 amide bonds. The quantitative estimate of drug-likeness (QED) is 0.253. The van der Waals surface area contributed by atoms with Gasteiger partial charge in [-0.3, -0.25) is 0 Å². The monoisotopic (exact) mass is 455 g/mol. The predicted molar refractivity (Wildman–Crippen MR) is 143 cm³/mol. The maximum absolute atomic E-state index is 10.3. The van der Waals surface area contributed by atoms with E-state index in [0.717, 1.165) is 23.7 Å². The Labute approximate surface area is 207 Å². The smallest absolute Gasteiger partial charge is 0.0692 e. The minimum absolute atomic E-state index is 0.0407. The van der Waals surface area contributed by atoms with Gasteiger partial charge in [0.2, 0.25) is 0 Å². The van der Waals surface area contributed by atoms with E-state index in [1.807, 2.05) is 0 Å². The van der Waals surface area contributed by atoms with Crippen LogP contribution in [0.15, 0.2) is 0 Å². The molecule has 190 valence electrons. The predicted octanol–water partition coefficient (Wildman–Crippen LogP) is 10.6. The Morgan fingerprint density at radius 2 is 1.03 bits per heavy atom. The number of nitriles is 1. The maximum atomic E-state index is 10.3. The van der Waals surface area contributed by atoms with Gasteiger partial charge in [0, 0.05) is 0 Å². The van der Waals surface area contributed by atoms with Crippen LogP contribution in [0.5, 0.6) is 0 Å². The van der Waals surface area contributed by atoms with E-state index >= 15 is 0 Å². The molecule has 3 fully saturated rings. The van der Waals surface area contributed by atoms with E-state index in [1.165, 1.54) is 148 Å². The molecule has 3 saturated carbocycles. The summed E-state index contributed by atoms with van der Waals surface area (Å²) in [6.07, 6.45) is 32.4. The Balaban J connectivity index is 1.34. The zero-order valence-electron chi connectivity index (χ0n) is 22.6. The molecule has 0 aromatic carbocycles. The molecule has 0 saturated heterocycles. The third-order valence-corrected chi connectivity index (χ3v) is 10.5. The minimum Gasteiger partial charge on any atom is -0.198 e. The van der Waals surface area contributed by atoms with Gasteiger partial charge in [0.05, 0.1) is 11.5 Å². The van der Waals surface area contributed by atoms with Gasteiger partial charge in [-0.2, -0.15) is 5.26 Å². The van der Waals surface area contributed by atoms with Crippen LogP contribution in [0, 0.1) is 46.3 Å². The van der Waals surface area contributed by atoms with Crippen LogP contribution in [0.4, 0.5) is 0 Å². The highest BCUT2D eigenvalue weighted by atomic mass is 14.5. The van der Waals surface area contributed by atoms with Crippen molar-refractivity contribution in [3.05, 3.63) is 0 Å². The molecule has 1 nitrogen and oxygen atoms in total. The topological polar surface area (TPSA) is 23.8 Å². The lowest BCUT2D eigenvalue weighted by Crippen LogP contribution is -2.38. The van der Waals surface area contributed by atoms with Crippen molar-refractivity contribution in [3.63, 3.8) is 0 Å². The molecule has 0 radical (unpaired) electrons. The molecule has 0 spiro atoms. The van der Waals surface area contributed by atoms with E-state index in [4.69, 9.17) is 0 Å². The number of hydrogen-bond acceptors (Lipinski definition) is 1.